The van der Waals surface area contributed by atoms with E-state index in [0.717, 1.165) is 17.7 Å². The molecule has 4 nitrogen and oxygen atoms in total. The van der Waals surface area contributed by atoms with E-state index < -0.39 is 0 Å². The van der Waals surface area contributed by atoms with Crippen LogP contribution in [0.3, 0.4) is 0 Å². The Labute approximate surface area is 120 Å². The van der Waals surface area contributed by atoms with Gasteiger partial charge < -0.3 is 10.2 Å². The van der Waals surface area contributed by atoms with Crippen LogP contribution in [0.1, 0.15) is 32.3 Å². The molecule has 1 heterocycles. The van der Waals surface area contributed by atoms with E-state index >= 15 is 0 Å². The monoisotopic (exact) mass is 274 g/mol. The number of aryl methyl sites for hydroxylation is 1. The van der Waals surface area contributed by atoms with Gasteiger partial charge in [0.1, 0.15) is 0 Å². The topological polar surface area (TPSA) is 49.4 Å². The van der Waals surface area contributed by atoms with Crippen LogP contribution in [0.4, 0.5) is 5.69 Å². The normalized spacial score (nSPS) is 20.1. The summed E-state index contributed by atoms with van der Waals surface area (Å²) in [5.41, 5.74) is 2.03. The molecule has 1 aromatic carbocycles. The molecule has 0 spiro atoms. The second-order valence-electron chi connectivity index (χ2n) is 5.56. The first-order valence-electron chi connectivity index (χ1n) is 7.18. The van der Waals surface area contributed by atoms with Crippen LogP contribution >= 0.6 is 0 Å². The minimum absolute atomic E-state index is 0.0117. The van der Waals surface area contributed by atoms with E-state index in [1.807, 2.05) is 45.0 Å². The summed E-state index contributed by atoms with van der Waals surface area (Å²) >= 11 is 0. The molecule has 1 aromatic rings. The van der Waals surface area contributed by atoms with Crippen LogP contribution in [0.5, 0.6) is 0 Å². The Morgan fingerprint density at radius 3 is 2.65 bits per heavy atom. The van der Waals surface area contributed by atoms with Crippen LogP contribution in [0.15, 0.2) is 24.3 Å². The summed E-state index contributed by atoms with van der Waals surface area (Å²) in [6, 6.07) is 7.99. The first kappa shape index (κ1) is 14.6. The smallest absolute Gasteiger partial charge is 0.227 e. The fourth-order valence-corrected chi connectivity index (χ4v) is 2.32. The fourth-order valence-electron chi connectivity index (χ4n) is 2.32. The van der Waals surface area contributed by atoms with Crippen molar-refractivity contribution in [3.05, 3.63) is 29.8 Å². The molecule has 20 heavy (non-hydrogen) atoms. The summed E-state index contributed by atoms with van der Waals surface area (Å²) in [7, 11) is 0. The number of anilines is 1. The molecular weight excluding hydrogens is 252 g/mol. The van der Waals surface area contributed by atoms with Crippen molar-refractivity contribution in [1.82, 2.24) is 5.32 Å². The first-order chi connectivity index (χ1) is 9.51. The number of rotatable bonds is 4. The van der Waals surface area contributed by atoms with Gasteiger partial charge in [-0.15, -0.1) is 0 Å². The van der Waals surface area contributed by atoms with Gasteiger partial charge in [-0.3, -0.25) is 9.59 Å². The molecule has 4 heteroatoms. The van der Waals surface area contributed by atoms with E-state index in [0.29, 0.717) is 13.0 Å². The molecule has 2 amide bonds. The summed E-state index contributed by atoms with van der Waals surface area (Å²) in [5.74, 6) is -0.224. The summed E-state index contributed by atoms with van der Waals surface area (Å²) < 4.78 is 0. The van der Waals surface area contributed by atoms with Crippen molar-refractivity contribution in [1.29, 1.82) is 0 Å². The summed E-state index contributed by atoms with van der Waals surface area (Å²) in [4.78, 5) is 25.9. The third kappa shape index (κ3) is 3.18. The SMILES string of the molecule is CC[C@H](C)NC(=O)[C@@H]1CC(=O)N(c2ccc(C)cc2)C1. The van der Waals surface area contributed by atoms with Crippen molar-refractivity contribution in [2.75, 3.05) is 11.4 Å². The molecular formula is C16H22N2O2. The van der Waals surface area contributed by atoms with Gasteiger partial charge in [0.2, 0.25) is 11.8 Å². The summed E-state index contributed by atoms with van der Waals surface area (Å²) in [6.07, 6.45) is 1.20. The molecule has 0 aliphatic carbocycles. The summed E-state index contributed by atoms with van der Waals surface area (Å²) in [6.45, 7) is 6.50. The molecule has 1 fully saturated rings. The third-order valence-electron chi connectivity index (χ3n) is 3.84. The van der Waals surface area contributed by atoms with Crippen molar-refractivity contribution in [2.45, 2.75) is 39.7 Å². The molecule has 0 bridgehead atoms. The zero-order chi connectivity index (χ0) is 14.7. The molecule has 2 atom stereocenters. The largest absolute Gasteiger partial charge is 0.353 e. The Balaban J connectivity index is 2.03. The quantitative estimate of drug-likeness (QED) is 0.915. The molecule has 1 aliphatic heterocycles. The van der Waals surface area contributed by atoms with Gasteiger partial charge in [0, 0.05) is 24.7 Å². The van der Waals surface area contributed by atoms with E-state index in [9.17, 15) is 9.59 Å². The molecule has 1 aliphatic rings. The zero-order valence-corrected chi connectivity index (χ0v) is 12.3. The van der Waals surface area contributed by atoms with Crippen molar-refractivity contribution >= 4 is 17.5 Å². The lowest BCUT2D eigenvalue weighted by molar-refractivity contribution is -0.126. The highest BCUT2D eigenvalue weighted by molar-refractivity contribution is 6.00. The van der Waals surface area contributed by atoms with E-state index in [-0.39, 0.29) is 23.8 Å². The van der Waals surface area contributed by atoms with Crippen LogP contribution in [0.2, 0.25) is 0 Å². The average molecular weight is 274 g/mol. The number of amides is 2. The van der Waals surface area contributed by atoms with E-state index in [1.54, 1.807) is 4.90 Å². The van der Waals surface area contributed by atoms with Gasteiger partial charge in [0.15, 0.2) is 0 Å². The van der Waals surface area contributed by atoms with E-state index in [4.69, 9.17) is 0 Å². The van der Waals surface area contributed by atoms with Crippen LogP contribution in [0.25, 0.3) is 0 Å². The van der Waals surface area contributed by atoms with Crippen LogP contribution in [-0.4, -0.2) is 24.4 Å². The lowest BCUT2D eigenvalue weighted by Gasteiger charge is -2.18. The highest BCUT2D eigenvalue weighted by atomic mass is 16.2. The van der Waals surface area contributed by atoms with Crippen molar-refractivity contribution in [3.63, 3.8) is 0 Å². The lowest BCUT2D eigenvalue weighted by atomic mass is 10.1. The molecule has 0 radical (unpaired) electrons. The van der Waals surface area contributed by atoms with Crippen LogP contribution in [-0.2, 0) is 9.59 Å². The van der Waals surface area contributed by atoms with Gasteiger partial charge in [-0.05, 0) is 32.4 Å². The van der Waals surface area contributed by atoms with Crippen molar-refractivity contribution < 1.29 is 9.59 Å². The molecule has 0 unspecified atom stereocenters. The first-order valence-corrected chi connectivity index (χ1v) is 7.18. The molecule has 1 N–H and O–H groups in total. The number of hydrogen-bond donors (Lipinski definition) is 1. The van der Waals surface area contributed by atoms with Gasteiger partial charge in [-0.25, -0.2) is 0 Å². The van der Waals surface area contributed by atoms with Gasteiger partial charge in [-0.2, -0.15) is 0 Å². The number of nitrogens with zero attached hydrogens (tertiary/aromatic N) is 1. The zero-order valence-electron chi connectivity index (χ0n) is 12.3. The predicted molar refractivity (Wildman–Crippen MR) is 79.5 cm³/mol. The number of hydrogen-bond acceptors (Lipinski definition) is 2. The molecule has 0 saturated carbocycles. The maximum absolute atomic E-state index is 12.1. The summed E-state index contributed by atoms with van der Waals surface area (Å²) in [5, 5.41) is 2.96. The Morgan fingerprint density at radius 2 is 2.05 bits per heavy atom. The molecule has 0 aromatic heterocycles. The maximum atomic E-state index is 12.1. The predicted octanol–water partition coefficient (Wildman–Crippen LogP) is 2.26. The van der Waals surface area contributed by atoms with E-state index in [1.165, 1.54) is 0 Å². The highest BCUT2D eigenvalue weighted by Gasteiger charge is 2.35. The van der Waals surface area contributed by atoms with Crippen LogP contribution < -0.4 is 10.2 Å². The number of carbonyl (C=O) groups is 2. The molecule has 1 saturated heterocycles. The second-order valence-corrected chi connectivity index (χ2v) is 5.56. The highest BCUT2D eigenvalue weighted by Crippen LogP contribution is 2.25. The number of carbonyl (C=O) groups excluding carboxylic acids is 2. The third-order valence-corrected chi connectivity index (χ3v) is 3.84. The Kier molecular flexibility index (Phi) is 4.42. The van der Waals surface area contributed by atoms with Gasteiger partial charge >= 0.3 is 0 Å². The Bertz CT molecular complexity index is 496. The van der Waals surface area contributed by atoms with Gasteiger partial charge in [0.25, 0.3) is 0 Å². The Morgan fingerprint density at radius 1 is 1.40 bits per heavy atom. The standard InChI is InChI=1S/C16H22N2O2/c1-4-12(3)17-16(20)13-9-15(19)18(10-13)14-7-5-11(2)6-8-14/h5-8,12-13H,4,9-10H2,1-3H3,(H,17,20)/t12-,13+/m0/s1. The number of nitrogens with one attached hydrogen (secondary N) is 1. The Hall–Kier alpha value is -1.84. The molecule has 2 rings (SSSR count). The van der Waals surface area contributed by atoms with E-state index in [2.05, 4.69) is 5.32 Å². The number of benzene rings is 1. The van der Waals surface area contributed by atoms with Crippen molar-refractivity contribution in [2.24, 2.45) is 5.92 Å². The maximum Gasteiger partial charge on any atom is 0.227 e. The fraction of sp³-hybridized carbons (Fsp3) is 0.500. The minimum atomic E-state index is -0.238. The van der Waals surface area contributed by atoms with Gasteiger partial charge in [-0.1, -0.05) is 24.6 Å². The van der Waals surface area contributed by atoms with Gasteiger partial charge in [0.05, 0.1) is 5.92 Å². The average Bonchev–Trinajstić information content (AvgIpc) is 2.81. The van der Waals surface area contributed by atoms with Crippen LogP contribution in [0, 0.1) is 12.8 Å². The van der Waals surface area contributed by atoms with Crippen molar-refractivity contribution in [3.8, 4) is 0 Å². The second kappa shape index (κ2) is 6.07. The minimum Gasteiger partial charge on any atom is -0.353 e. The molecule has 108 valence electrons. The lowest BCUT2D eigenvalue weighted by Crippen LogP contribution is -2.38.